The Balaban J connectivity index is 1.78. The van der Waals surface area contributed by atoms with E-state index in [1.54, 1.807) is 7.05 Å². The summed E-state index contributed by atoms with van der Waals surface area (Å²) in [6, 6.07) is 14.1. The molecule has 5 heteroatoms. The lowest BCUT2D eigenvalue weighted by Gasteiger charge is -2.12. The van der Waals surface area contributed by atoms with Crippen molar-refractivity contribution < 1.29 is 4.74 Å². The molecule has 0 radical (unpaired) electrons. The Bertz CT molecular complexity index is 596. The summed E-state index contributed by atoms with van der Waals surface area (Å²) in [6.07, 6.45) is 2.80. The van der Waals surface area contributed by atoms with E-state index in [9.17, 15) is 0 Å². The molecular formula is C18H24N4O. The van der Waals surface area contributed by atoms with Gasteiger partial charge in [0.1, 0.15) is 0 Å². The van der Waals surface area contributed by atoms with E-state index in [4.69, 9.17) is 4.74 Å². The quantitative estimate of drug-likeness (QED) is 0.610. The van der Waals surface area contributed by atoms with Gasteiger partial charge in [-0.1, -0.05) is 43.3 Å². The van der Waals surface area contributed by atoms with Gasteiger partial charge in [0.15, 0.2) is 5.96 Å². The summed E-state index contributed by atoms with van der Waals surface area (Å²) >= 11 is 0. The molecule has 1 aromatic carbocycles. The molecule has 0 unspecified atom stereocenters. The van der Waals surface area contributed by atoms with E-state index in [-0.39, 0.29) is 0 Å². The number of aromatic nitrogens is 1. The fourth-order valence-corrected chi connectivity index (χ4v) is 2.00. The zero-order chi connectivity index (χ0) is 16.3. The van der Waals surface area contributed by atoms with Crippen molar-refractivity contribution in [1.29, 1.82) is 0 Å². The molecule has 1 heterocycles. The van der Waals surface area contributed by atoms with Crippen LogP contribution in [0.4, 0.5) is 0 Å². The highest BCUT2D eigenvalue weighted by atomic mass is 16.5. The second-order valence-electron chi connectivity index (χ2n) is 5.12. The summed E-state index contributed by atoms with van der Waals surface area (Å²) in [4.78, 5) is 8.52. The number of hydrogen-bond acceptors (Lipinski definition) is 3. The van der Waals surface area contributed by atoms with Crippen LogP contribution < -0.4 is 15.4 Å². The maximum atomic E-state index is 5.48. The van der Waals surface area contributed by atoms with Gasteiger partial charge in [-0.15, -0.1) is 0 Å². The third-order valence-electron chi connectivity index (χ3n) is 3.24. The predicted molar refractivity (Wildman–Crippen MR) is 93.5 cm³/mol. The van der Waals surface area contributed by atoms with Crippen molar-refractivity contribution in [3.8, 4) is 5.88 Å². The molecule has 122 valence electrons. The lowest BCUT2D eigenvalue weighted by atomic mass is 10.2. The van der Waals surface area contributed by atoms with Gasteiger partial charge in [-0.2, -0.15) is 0 Å². The summed E-state index contributed by atoms with van der Waals surface area (Å²) in [7, 11) is 1.76. The number of rotatable bonds is 7. The number of nitrogens with one attached hydrogen (secondary N) is 2. The second-order valence-corrected chi connectivity index (χ2v) is 5.12. The number of nitrogens with zero attached hydrogens (tertiary/aromatic N) is 2. The van der Waals surface area contributed by atoms with Crippen molar-refractivity contribution >= 4 is 5.96 Å². The third-order valence-corrected chi connectivity index (χ3v) is 3.24. The normalized spacial score (nSPS) is 11.1. The first-order chi connectivity index (χ1) is 11.3. The van der Waals surface area contributed by atoms with Gasteiger partial charge in [0.2, 0.25) is 5.88 Å². The summed E-state index contributed by atoms with van der Waals surface area (Å²) in [5.41, 5.74) is 2.30. The Morgan fingerprint density at radius 1 is 1.04 bits per heavy atom. The van der Waals surface area contributed by atoms with Crippen LogP contribution in [0.3, 0.4) is 0 Å². The first-order valence-corrected chi connectivity index (χ1v) is 7.88. The van der Waals surface area contributed by atoms with Crippen LogP contribution in [-0.4, -0.2) is 24.6 Å². The van der Waals surface area contributed by atoms with Gasteiger partial charge in [-0.05, 0) is 17.5 Å². The number of pyridine rings is 1. The Kier molecular flexibility index (Phi) is 6.91. The first-order valence-electron chi connectivity index (χ1n) is 7.88. The second kappa shape index (κ2) is 9.46. The average molecular weight is 312 g/mol. The molecule has 5 nitrogen and oxygen atoms in total. The minimum absolute atomic E-state index is 0.662. The van der Waals surface area contributed by atoms with Crippen LogP contribution in [0, 0.1) is 0 Å². The van der Waals surface area contributed by atoms with E-state index in [0.717, 1.165) is 24.5 Å². The van der Waals surface area contributed by atoms with Crippen molar-refractivity contribution in [3.05, 3.63) is 59.8 Å². The molecule has 0 bridgehead atoms. The summed E-state index contributed by atoms with van der Waals surface area (Å²) < 4.78 is 5.48. The van der Waals surface area contributed by atoms with Gasteiger partial charge in [0.25, 0.3) is 0 Å². The molecule has 0 aliphatic rings. The van der Waals surface area contributed by atoms with Crippen LogP contribution in [0.1, 0.15) is 24.5 Å². The summed E-state index contributed by atoms with van der Waals surface area (Å²) in [5.74, 6) is 1.43. The standard InChI is InChI=1S/C18H24N4O/c1-3-11-23-17-10-9-16(13-20-17)14-22-18(19-2)21-12-15-7-5-4-6-8-15/h4-10,13H,3,11-12,14H2,1-2H3,(H2,19,21,22). The molecular weight excluding hydrogens is 288 g/mol. The molecule has 23 heavy (non-hydrogen) atoms. The fourth-order valence-electron chi connectivity index (χ4n) is 2.00. The van der Waals surface area contributed by atoms with Crippen molar-refractivity contribution in [2.75, 3.05) is 13.7 Å². The van der Waals surface area contributed by atoms with E-state index in [1.165, 1.54) is 5.56 Å². The Labute approximate surface area is 137 Å². The van der Waals surface area contributed by atoms with Crippen LogP contribution in [0.15, 0.2) is 53.7 Å². The molecule has 0 aliphatic carbocycles. The molecule has 0 fully saturated rings. The molecule has 1 aromatic heterocycles. The number of guanidine groups is 1. The van der Waals surface area contributed by atoms with Crippen LogP contribution >= 0.6 is 0 Å². The van der Waals surface area contributed by atoms with Gasteiger partial charge in [-0.3, -0.25) is 4.99 Å². The molecule has 0 saturated heterocycles. The minimum Gasteiger partial charge on any atom is -0.478 e. The van der Waals surface area contributed by atoms with E-state index in [1.807, 2.05) is 36.5 Å². The number of ether oxygens (including phenoxy) is 1. The molecule has 2 N–H and O–H groups in total. The smallest absolute Gasteiger partial charge is 0.213 e. The highest BCUT2D eigenvalue weighted by molar-refractivity contribution is 5.79. The Morgan fingerprint density at radius 3 is 2.39 bits per heavy atom. The molecule has 0 atom stereocenters. The molecule has 0 amide bonds. The molecule has 0 spiro atoms. The zero-order valence-corrected chi connectivity index (χ0v) is 13.7. The number of benzene rings is 1. The molecule has 2 aromatic rings. The monoisotopic (exact) mass is 312 g/mol. The highest BCUT2D eigenvalue weighted by Crippen LogP contribution is 2.07. The van der Waals surface area contributed by atoms with Gasteiger partial charge < -0.3 is 15.4 Å². The van der Waals surface area contributed by atoms with E-state index >= 15 is 0 Å². The first kappa shape index (κ1) is 16.8. The molecule has 0 aliphatic heterocycles. The fraction of sp³-hybridized carbons (Fsp3) is 0.333. The Morgan fingerprint density at radius 2 is 1.78 bits per heavy atom. The zero-order valence-electron chi connectivity index (χ0n) is 13.7. The van der Waals surface area contributed by atoms with Crippen LogP contribution in [0.25, 0.3) is 0 Å². The average Bonchev–Trinajstić information content (AvgIpc) is 2.62. The van der Waals surface area contributed by atoms with Crippen molar-refractivity contribution in [2.45, 2.75) is 26.4 Å². The van der Waals surface area contributed by atoms with Gasteiger partial charge in [0.05, 0.1) is 6.61 Å². The van der Waals surface area contributed by atoms with Gasteiger partial charge >= 0.3 is 0 Å². The van der Waals surface area contributed by atoms with E-state index in [2.05, 4.69) is 39.7 Å². The lowest BCUT2D eigenvalue weighted by molar-refractivity contribution is 0.305. The van der Waals surface area contributed by atoms with Crippen LogP contribution in [-0.2, 0) is 13.1 Å². The van der Waals surface area contributed by atoms with Crippen molar-refractivity contribution in [1.82, 2.24) is 15.6 Å². The SMILES string of the molecule is CCCOc1ccc(CNC(=NC)NCc2ccccc2)cn1. The maximum absolute atomic E-state index is 5.48. The van der Waals surface area contributed by atoms with Crippen molar-refractivity contribution in [3.63, 3.8) is 0 Å². The summed E-state index contributed by atoms with van der Waals surface area (Å²) in [5, 5.41) is 6.57. The van der Waals surface area contributed by atoms with Crippen molar-refractivity contribution in [2.24, 2.45) is 4.99 Å². The highest BCUT2D eigenvalue weighted by Gasteiger charge is 2.00. The third kappa shape index (κ3) is 5.98. The van der Waals surface area contributed by atoms with E-state index < -0.39 is 0 Å². The van der Waals surface area contributed by atoms with Gasteiger partial charge in [-0.25, -0.2) is 4.98 Å². The molecule has 2 rings (SSSR count). The predicted octanol–water partition coefficient (Wildman–Crippen LogP) is 2.74. The Hall–Kier alpha value is -2.56. The molecule has 0 saturated carbocycles. The maximum Gasteiger partial charge on any atom is 0.213 e. The largest absolute Gasteiger partial charge is 0.478 e. The minimum atomic E-state index is 0.662. The summed E-state index contributed by atoms with van der Waals surface area (Å²) in [6.45, 7) is 4.17. The van der Waals surface area contributed by atoms with Crippen LogP contribution in [0.2, 0.25) is 0 Å². The van der Waals surface area contributed by atoms with E-state index in [0.29, 0.717) is 19.0 Å². The van der Waals surface area contributed by atoms with Crippen LogP contribution in [0.5, 0.6) is 5.88 Å². The topological polar surface area (TPSA) is 58.5 Å². The number of hydrogen-bond donors (Lipinski definition) is 2. The lowest BCUT2D eigenvalue weighted by Crippen LogP contribution is -2.36. The number of aliphatic imine (C=N–C) groups is 1. The van der Waals surface area contributed by atoms with Gasteiger partial charge in [0, 0.05) is 32.4 Å².